The molecule has 0 spiro atoms. The molecule has 0 aliphatic carbocycles. The van der Waals surface area contributed by atoms with E-state index in [4.69, 9.17) is 16.3 Å². The Labute approximate surface area is 125 Å². The van der Waals surface area contributed by atoms with Gasteiger partial charge < -0.3 is 10.1 Å². The lowest BCUT2D eigenvalue weighted by Crippen LogP contribution is -2.28. The minimum atomic E-state index is -0.779. The molecule has 0 aliphatic rings. The Bertz CT molecular complexity index is 632. The molecule has 110 valence electrons. The third kappa shape index (κ3) is 4.43. The molecule has 0 bridgehead atoms. The van der Waals surface area contributed by atoms with Crippen LogP contribution in [0.15, 0.2) is 42.5 Å². The molecule has 6 heteroatoms. The van der Waals surface area contributed by atoms with Gasteiger partial charge in [-0.15, -0.1) is 0 Å². The highest BCUT2D eigenvalue weighted by Crippen LogP contribution is 2.17. The minimum Gasteiger partial charge on any atom is -0.489 e. The second-order valence-electron chi connectivity index (χ2n) is 4.19. The van der Waals surface area contributed by atoms with Crippen LogP contribution in [0.25, 0.3) is 0 Å². The Morgan fingerprint density at radius 1 is 1.14 bits per heavy atom. The van der Waals surface area contributed by atoms with Crippen LogP contribution in [0.5, 0.6) is 5.75 Å². The molecule has 0 saturated heterocycles. The summed E-state index contributed by atoms with van der Waals surface area (Å²) in [4.78, 5) is 11.7. The molecular weight excluding hydrogens is 300 g/mol. The number of benzene rings is 2. The Kier molecular flexibility index (Phi) is 5.11. The zero-order valence-electron chi connectivity index (χ0n) is 10.9. The fraction of sp³-hybridized carbons (Fsp3) is 0.133. The van der Waals surface area contributed by atoms with Gasteiger partial charge in [-0.05, 0) is 36.4 Å². The highest BCUT2D eigenvalue weighted by Gasteiger charge is 2.06. The van der Waals surface area contributed by atoms with Gasteiger partial charge in [0.05, 0.1) is 6.54 Å². The zero-order valence-corrected chi connectivity index (χ0v) is 11.7. The van der Waals surface area contributed by atoms with Crippen LogP contribution < -0.4 is 10.1 Å². The van der Waals surface area contributed by atoms with E-state index in [1.54, 1.807) is 24.3 Å². The SMILES string of the molecule is O=C(NCCOc1ccc(F)cc1F)c1ccc(Cl)cc1. The molecule has 2 rings (SSSR count). The first-order valence-corrected chi connectivity index (χ1v) is 6.55. The van der Waals surface area contributed by atoms with E-state index in [-0.39, 0.29) is 24.8 Å². The normalized spacial score (nSPS) is 10.2. The summed E-state index contributed by atoms with van der Waals surface area (Å²) in [5, 5.41) is 3.16. The van der Waals surface area contributed by atoms with Gasteiger partial charge in [0, 0.05) is 16.7 Å². The Morgan fingerprint density at radius 2 is 1.86 bits per heavy atom. The third-order valence-electron chi connectivity index (χ3n) is 2.65. The summed E-state index contributed by atoms with van der Waals surface area (Å²) in [5.74, 6) is -1.79. The lowest BCUT2D eigenvalue weighted by atomic mass is 10.2. The molecule has 1 amide bonds. The maximum atomic E-state index is 13.3. The highest BCUT2D eigenvalue weighted by atomic mass is 35.5. The molecule has 0 aromatic heterocycles. The smallest absolute Gasteiger partial charge is 0.251 e. The van der Waals surface area contributed by atoms with Gasteiger partial charge in [-0.3, -0.25) is 4.79 Å². The van der Waals surface area contributed by atoms with Crippen LogP contribution in [0.1, 0.15) is 10.4 Å². The molecule has 2 aromatic rings. The fourth-order valence-electron chi connectivity index (χ4n) is 1.62. The molecule has 3 nitrogen and oxygen atoms in total. The number of nitrogens with one attached hydrogen (secondary N) is 1. The van der Waals surface area contributed by atoms with Crippen molar-refractivity contribution in [2.24, 2.45) is 0 Å². The second-order valence-corrected chi connectivity index (χ2v) is 4.62. The fourth-order valence-corrected chi connectivity index (χ4v) is 1.75. The standard InChI is InChI=1S/C15H12ClF2NO2/c16-11-3-1-10(2-4-11)15(20)19-7-8-21-14-6-5-12(17)9-13(14)18/h1-6,9H,7-8H2,(H,19,20). The molecule has 0 atom stereocenters. The first-order valence-electron chi connectivity index (χ1n) is 6.18. The summed E-state index contributed by atoms with van der Waals surface area (Å²) in [6.45, 7) is 0.264. The molecule has 0 unspecified atom stereocenters. The first kappa shape index (κ1) is 15.3. The van der Waals surface area contributed by atoms with Gasteiger partial charge in [0.15, 0.2) is 11.6 Å². The van der Waals surface area contributed by atoms with Crippen LogP contribution in [0.3, 0.4) is 0 Å². The van der Waals surface area contributed by atoms with E-state index in [0.717, 1.165) is 12.1 Å². The van der Waals surface area contributed by atoms with Crippen LogP contribution in [0, 0.1) is 11.6 Å². The number of amides is 1. The van der Waals surface area contributed by atoms with Crippen LogP contribution in [-0.4, -0.2) is 19.1 Å². The van der Waals surface area contributed by atoms with Crippen molar-refractivity contribution < 1.29 is 18.3 Å². The van der Waals surface area contributed by atoms with Crippen LogP contribution in [0.4, 0.5) is 8.78 Å². The maximum absolute atomic E-state index is 13.3. The minimum absolute atomic E-state index is 0.0582. The van der Waals surface area contributed by atoms with Gasteiger partial charge in [0.1, 0.15) is 12.4 Å². The van der Waals surface area contributed by atoms with Crippen molar-refractivity contribution in [3.8, 4) is 5.75 Å². The predicted octanol–water partition coefficient (Wildman–Crippen LogP) is 3.43. The molecular formula is C15H12ClF2NO2. The van der Waals surface area contributed by atoms with Crippen molar-refractivity contribution in [2.45, 2.75) is 0 Å². The van der Waals surface area contributed by atoms with Crippen LogP contribution in [0.2, 0.25) is 5.02 Å². The monoisotopic (exact) mass is 311 g/mol. The second kappa shape index (κ2) is 7.04. The number of carbonyl (C=O) groups excluding carboxylic acids is 1. The number of hydrogen-bond acceptors (Lipinski definition) is 2. The Morgan fingerprint density at radius 3 is 2.52 bits per heavy atom. The number of carbonyl (C=O) groups is 1. The van der Waals surface area contributed by atoms with Gasteiger partial charge in [-0.2, -0.15) is 0 Å². The van der Waals surface area contributed by atoms with Crippen molar-refractivity contribution >= 4 is 17.5 Å². The molecule has 0 heterocycles. The van der Waals surface area contributed by atoms with Crippen molar-refractivity contribution in [3.63, 3.8) is 0 Å². The number of hydrogen-bond donors (Lipinski definition) is 1. The average molecular weight is 312 g/mol. The number of rotatable bonds is 5. The topological polar surface area (TPSA) is 38.3 Å². The highest BCUT2D eigenvalue weighted by molar-refractivity contribution is 6.30. The number of ether oxygens (including phenoxy) is 1. The first-order chi connectivity index (χ1) is 10.1. The molecule has 2 aromatic carbocycles. The van der Waals surface area contributed by atoms with E-state index in [0.29, 0.717) is 10.6 Å². The van der Waals surface area contributed by atoms with E-state index in [1.807, 2.05) is 0 Å². The lowest BCUT2D eigenvalue weighted by molar-refractivity contribution is 0.0947. The number of halogens is 3. The quantitative estimate of drug-likeness (QED) is 0.859. The predicted molar refractivity (Wildman–Crippen MR) is 75.6 cm³/mol. The van der Waals surface area contributed by atoms with E-state index in [1.165, 1.54) is 6.07 Å². The van der Waals surface area contributed by atoms with Gasteiger partial charge in [-0.25, -0.2) is 8.78 Å². The summed E-state index contributed by atoms with van der Waals surface area (Å²) in [6, 6.07) is 9.45. The van der Waals surface area contributed by atoms with Crippen LogP contribution in [-0.2, 0) is 0 Å². The van der Waals surface area contributed by atoms with Crippen LogP contribution >= 0.6 is 11.6 Å². The van der Waals surface area contributed by atoms with Gasteiger partial charge in [0.25, 0.3) is 5.91 Å². The summed E-state index contributed by atoms with van der Waals surface area (Å²) in [6.07, 6.45) is 0. The van der Waals surface area contributed by atoms with Crippen molar-refractivity contribution in [2.75, 3.05) is 13.2 Å². The Hall–Kier alpha value is -2.14. The summed E-state index contributed by atoms with van der Waals surface area (Å²) >= 11 is 5.72. The van der Waals surface area contributed by atoms with E-state index in [2.05, 4.69) is 5.32 Å². The van der Waals surface area contributed by atoms with E-state index < -0.39 is 11.6 Å². The van der Waals surface area contributed by atoms with Gasteiger partial charge in [-0.1, -0.05) is 11.6 Å². The van der Waals surface area contributed by atoms with Crippen molar-refractivity contribution in [1.82, 2.24) is 5.32 Å². The largest absolute Gasteiger partial charge is 0.489 e. The van der Waals surface area contributed by atoms with Gasteiger partial charge in [0.2, 0.25) is 0 Å². The van der Waals surface area contributed by atoms with Crippen molar-refractivity contribution in [3.05, 3.63) is 64.7 Å². The van der Waals surface area contributed by atoms with Crippen molar-refractivity contribution in [1.29, 1.82) is 0 Å². The molecule has 0 saturated carbocycles. The maximum Gasteiger partial charge on any atom is 0.251 e. The Balaban J connectivity index is 1.79. The molecule has 0 fully saturated rings. The molecule has 21 heavy (non-hydrogen) atoms. The molecule has 0 radical (unpaired) electrons. The van der Waals surface area contributed by atoms with Gasteiger partial charge >= 0.3 is 0 Å². The summed E-state index contributed by atoms with van der Waals surface area (Å²) in [5.41, 5.74) is 0.465. The third-order valence-corrected chi connectivity index (χ3v) is 2.90. The average Bonchev–Trinajstić information content (AvgIpc) is 2.46. The molecule has 1 N–H and O–H groups in total. The van der Waals surface area contributed by atoms with E-state index >= 15 is 0 Å². The molecule has 0 aliphatic heterocycles. The summed E-state index contributed by atoms with van der Waals surface area (Å²) in [7, 11) is 0. The zero-order chi connectivity index (χ0) is 15.2. The summed E-state index contributed by atoms with van der Waals surface area (Å²) < 4.78 is 31.1. The van der Waals surface area contributed by atoms with E-state index in [9.17, 15) is 13.6 Å². The lowest BCUT2D eigenvalue weighted by Gasteiger charge is -2.08.